The summed E-state index contributed by atoms with van der Waals surface area (Å²) in [5.74, 6) is 1.02. The Hall–Kier alpha value is -0.150. The lowest BCUT2D eigenvalue weighted by molar-refractivity contribution is 0.180. The summed E-state index contributed by atoms with van der Waals surface area (Å²) >= 11 is 1.47. The molecule has 0 aromatic carbocycles. The average Bonchev–Trinajstić information content (AvgIpc) is 2.14. The van der Waals surface area contributed by atoms with Crippen LogP contribution in [-0.2, 0) is 4.84 Å². The predicted octanol–water partition coefficient (Wildman–Crippen LogP) is 1.42. The van der Waals surface area contributed by atoms with Gasteiger partial charge < -0.3 is 4.84 Å². The minimum atomic E-state index is 0.972. The zero-order valence-corrected chi connectivity index (χ0v) is 4.92. The first-order valence-corrected chi connectivity index (χ1v) is 3.08. The summed E-state index contributed by atoms with van der Waals surface area (Å²) in [7, 11) is 0. The van der Waals surface area contributed by atoms with Crippen LogP contribution in [0.2, 0.25) is 0 Å². The molecule has 0 fully saturated rings. The van der Waals surface area contributed by atoms with E-state index in [1.165, 1.54) is 11.9 Å². The van der Waals surface area contributed by atoms with Gasteiger partial charge in [-0.3, -0.25) is 0 Å². The Morgan fingerprint density at radius 3 is 3.14 bits per heavy atom. The van der Waals surface area contributed by atoms with Crippen LogP contribution in [0, 0.1) is 0 Å². The van der Waals surface area contributed by atoms with Crippen LogP contribution in [0.3, 0.4) is 0 Å². The normalized spacial score (nSPS) is 18.7. The molecule has 1 aliphatic rings. The second-order valence-electron chi connectivity index (χ2n) is 1.24. The van der Waals surface area contributed by atoms with Gasteiger partial charge in [0.15, 0.2) is 0 Å². The third-order valence-corrected chi connectivity index (χ3v) is 1.32. The maximum absolute atomic E-state index is 4.88. The monoisotopic (exact) mass is 117 g/mol. The molecule has 1 heterocycles. The highest BCUT2D eigenvalue weighted by atomic mass is 32.2. The van der Waals surface area contributed by atoms with E-state index < -0.39 is 0 Å². The molecule has 1 rings (SSSR count). The Labute approximate surface area is 47.0 Å². The summed E-state index contributed by atoms with van der Waals surface area (Å²) in [5.41, 5.74) is 0. The van der Waals surface area contributed by atoms with Crippen molar-refractivity contribution >= 4 is 11.9 Å². The standard InChI is InChI=1S/C4H7NOS/c1-2-4-3-7-5-6-4/h3,5H,2H2,1H3. The second-order valence-corrected chi connectivity index (χ2v) is 1.88. The number of hydrogen-bond donors (Lipinski definition) is 1. The maximum atomic E-state index is 4.88. The lowest BCUT2D eigenvalue weighted by Gasteiger charge is -1.93. The van der Waals surface area contributed by atoms with E-state index in [-0.39, 0.29) is 0 Å². The number of rotatable bonds is 1. The molecule has 0 saturated carbocycles. The van der Waals surface area contributed by atoms with E-state index in [9.17, 15) is 0 Å². The van der Waals surface area contributed by atoms with E-state index in [1.54, 1.807) is 0 Å². The van der Waals surface area contributed by atoms with Gasteiger partial charge in [0.05, 0.1) is 0 Å². The SMILES string of the molecule is CCC1=CSNO1. The van der Waals surface area contributed by atoms with Crippen molar-refractivity contribution in [3.8, 4) is 0 Å². The van der Waals surface area contributed by atoms with Gasteiger partial charge in [-0.25, -0.2) is 0 Å². The highest BCUT2D eigenvalue weighted by molar-refractivity contribution is 8.00. The van der Waals surface area contributed by atoms with Gasteiger partial charge >= 0.3 is 0 Å². The van der Waals surface area contributed by atoms with Crippen molar-refractivity contribution in [3.63, 3.8) is 0 Å². The van der Waals surface area contributed by atoms with Crippen molar-refractivity contribution < 1.29 is 4.84 Å². The fourth-order valence-electron chi connectivity index (χ4n) is 0.347. The molecule has 0 aliphatic carbocycles. The minimum absolute atomic E-state index is 0.972. The molecular formula is C4H7NOS. The highest BCUT2D eigenvalue weighted by Gasteiger charge is 2.00. The van der Waals surface area contributed by atoms with Crippen LogP contribution in [0.25, 0.3) is 0 Å². The number of hydrogen-bond acceptors (Lipinski definition) is 3. The molecule has 7 heavy (non-hydrogen) atoms. The van der Waals surface area contributed by atoms with Crippen LogP contribution in [0.5, 0.6) is 0 Å². The maximum Gasteiger partial charge on any atom is 0.132 e. The van der Waals surface area contributed by atoms with Crippen LogP contribution in [0.15, 0.2) is 11.2 Å². The fraction of sp³-hybridized carbons (Fsp3) is 0.500. The first-order valence-electron chi connectivity index (χ1n) is 2.20. The van der Waals surface area contributed by atoms with Crippen molar-refractivity contribution in [2.45, 2.75) is 13.3 Å². The van der Waals surface area contributed by atoms with Gasteiger partial charge in [-0.05, 0) is 11.9 Å². The van der Waals surface area contributed by atoms with E-state index in [2.05, 4.69) is 11.8 Å². The molecule has 1 aliphatic heterocycles. The van der Waals surface area contributed by atoms with Crippen molar-refractivity contribution in [1.82, 2.24) is 4.89 Å². The molecule has 0 amide bonds. The topological polar surface area (TPSA) is 21.3 Å². The van der Waals surface area contributed by atoms with Crippen molar-refractivity contribution in [1.29, 1.82) is 0 Å². The Balaban J connectivity index is 2.36. The van der Waals surface area contributed by atoms with Gasteiger partial charge in [-0.1, -0.05) is 11.8 Å². The summed E-state index contributed by atoms with van der Waals surface area (Å²) in [4.78, 5) is 7.52. The second kappa shape index (κ2) is 2.23. The fourth-order valence-corrected chi connectivity index (χ4v) is 0.896. The van der Waals surface area contributed by atoms with Crippen LogP contribution in [0.4, 0.5) is 0 Å². The zero-order chi connectivity index (χ0) is 5.11. The molecule has 2 nitrogen and oxygen atoms in total. The van der Waals surface area contributed by atoms with Gasteiger partial charge in [0.2, 0.25) is 0 Å². The van der Waals surface area contributed by atoms with Gasteiger partial charge in [-0.15, -0.1) is 0 Å². The van der Waals surface area contributed by atoms with Crippen LogP contribution < -0.4 is 4.89 Å². The highest BCUT2D eigenvalue weighted by Crippen LogP contribution is 2.14. The summed E-state index contributed by atoms with van der Waals surface area (Å²) in [6.07, 6.45) is 0.972. The Morgan fingerprint density at radius 2 is 2.86 bits per heavy atom. The van der Waals surface area contributed by atoms with E-state index >= 15 is 0 Å². The molecule has 3 heteroatoms. The third-order valence-electron chi connectivity index (χ3n) is 0.760. The van der Waals surface area contributed by atoms with Crippen molar-refractivity contribution in [2.75, 3.05) is 0 Å². The minimum Gasteiger partial charge on any atom is -0.402 e. The van der Waals surface area contributed by atoms with Crippen molar-refractivity contribution in [2.24, 2.45) is 0 Å². The Kier molecular flexibility index (Phi) is 1.59. The van der Waals surface area contributed by atoms with Crippen molar-refractivity contribution in [3.05, 3.63) is 11.2 Å². The summed E-state index contributed by atoms with van der Waals surface area (Å²) < 4.78 is 0. The van der Waals surface area contributed by atoms with Crippen LogP contribution in [-0.4, -0.2) is 0 Å². The summed E-state index contributed by atoms with van der Waals surface area (Å²) in [6.45, 7) is 2.05. The van der Waals surface area contributed by atoms with Crippen LogP contribution in [0.1, 0.15) is 13.3 Å². The first kappa shape index (κ1) is 5.00. The molecule has 0 bridgehead atoms. The van der Waals surface area contributed by atoms with Gasteiger partial charge in [0, 0.05) is 11.8 Å². The Bertz CT molecular complexity index is 91.7. The Morgan fingerprint density at radius 1 is 2.00 bits per heavy atom. The first-order chi connectivity index (χ1) is 3.43. The zero-order valence-electron chi connectivity index (χ0n) is 4.10. The molecule has 0 radical (unpaired) electrons. The predicted molar refractivity (Wildman–Crippen MR) is 30.2 cm³/mol. The lowest BCUT2D eigenvalue weighted by Crippen LogP contribution is -1.94. The summed E-state index contributed by atoms with van der Waals surface area (Å²) in [5, 5.41) is 1.96. The van der Waals surface area contributed by atoms with E-state index in [0.717, 1.165) is 12.2 Å². The quantitative estimate of drug-likeness (QED) is 0.525. The molecule has 0 aromatic heterocycles. The van der Waals surface area contributed by atoms with Gasteiger partial charge in [0.25, 0.3) is 0 Å². The van der Waals surface area contributed by atoms with Gasteiger partial charge in [-0.2, -0.15) is 0 Å². The molecule has 0 unspecified atom stereocenters. The van der Waals surface area contributed by atoms with E-state index in [4.69, 9.17) is 4.84 Å². The molecular weight excluding hydrogens is 110 g/mol. The van der Waals surface area contributed by atoms with Crippen LogP contribution >= 0.6 is 11.9 Å². The largest absolute Gasteiger partial charge is 0.402 e. The average molecular weight is 117 g/mol. The number of nitrogens with one attached hydrogen (secondary N) is 1. The third kappa shape index (κ3) is 1.11. The molecule has 40 valence electrons. The van der Waals surface area contributed by atoms with E-state index in [0.29, 0.717) is 0 Å². The lowest BCUT2D eigenvalue weighted by atomic mass is 10.4. The van der Waals surface area contributed by atoms with Gasteiger partial charge in [0.1, 0.15) is 5.76 Å². The molecule has 0 saturated heterocycles. The molecule has 1 N–H and O–H groups in total. The van der Waals surface area contributed by atoms with E-state index in [1.807, 2.05) is 5.41 Å². The number of allylic oxidation sites excluding steroid dienone is 1. The summed E-state index contributed by atoms with van der Waals surface area (Å²) in [6, 6.07) is 0. The molecule has 0 atom stereocenters. The molecule has 0 aromatic rings. The smallest absolute Gasteiger partial charge is 0.132 e. The molecule has 0 spiro atoms.